The van der Waals surface area contributed by atoms with Crippen LogP contribution in [0.1, 0.15) is 22.9 Å². The Morgan fingerprint density at radius 1 is 1.41 bits per heavy atom. The van der Waals surface area contributed by atoms with Gasteiger partial charge in [-0.15, -0.1) is 5.10 Å². The van der Waals surface area contributed by atoms with Crippen molar-refractivity contribution in [2.45, 2.75) is 19.4 Å². The Labute approximate surface area is 109 Å². The van der Waals surface area contributed by atoms with Gasteiger partial charge in [0.1, 0.15) is 0 Å². The molecule has 0 aliphatic carbocycles. The molecule has 0 saturated carbocycles. The van der Waals surface area contributed by atoms with Crippen molar-refractivity contribution >= 4 is 15.9 Å². The van der Waals surface area contributed by atoms with Gasteiger partial charge in [-0.1, -0.05) is 29.5 Å². The second-order valence-electron chi connectivity index (χ2n) is 4.13. The second kappa shape index (κ2) is 4.98. The zero-order valence-corrected chi connectivity index (χ0v) is 11.5. The molecule has 1 aromatic heterocycles. The molecule has 4 nitrogen and oxygen atoms in total. The molecule has 2 N–H and O–H groups in total. The normalized spacial score (nSPS) is 12.7. The standard InChI is InChI=1S/C12H15BrN4/c1-8-5-3-4-6-9(8)7-10(14)11-12(13)15-16-17(11)2/h3-6,10H,7,14H2,1-2H3. The highest BCUT2D eigenvalue weighted by Gasteiger charge is 2.17. The molecule has 0 radical (unpaired) electrons. The molecule has 1 aromatic carbocycles. The highest BCUT2D eigenvalue weighted by atomic mass is 79.9. The van der Waals surface area contributed by atoms with Crippen molar-refractivity contribution in [2.24, 2.45) is 12.8 Å². The number of aryl methyl sites for hydroxylation is 2. The number of halogens is 1. The molecule has 0 aliphatic rings. The van der Waals surface area contributed by atoms with E-state index < -0.39 is 0 Å². The number of nitrogens with two attached hydrogens (primary N) is 1. The number of hydrogen-bond acceptors (Lipinski definition) is 3. The second-order valence-corrected chi connectivity index (χ2v) is 4.88. The summed E-state index contributed by atoms with van der Waals surface area (Å²) >= 11 is 3.38. The van der Waals surface area contributed by atoms with Gasteiger partial charge in [0.15, 0.2) is 4.60 Å². The average Bonchev–Trinajstić information content (AvgIpc) is 2.62. The van der Waals surface area contributed by atoms with E-state index >= 15 is 0 Å². The third kappa shape index (κ3) is 2.56. The fourth-order valence-corrected chi connectivity index (χ4v) is 2.53. The van der Waals surface area contributed by atoms with E-state index in [1.54, 1.807) is 4.68 Å². The third-order valence-electron chi connectivity index (χ3n) is 2.88. The fourth-order valence-electron chi connectivity index (χ4n) is 1.90. The lowest BCUT2D eigenvalue weighted by Gasteiger charge is -2.13. The largest absolute Gasteiger partial charge is 0.322 e. The van der Waals surface area contributed by atoms with Gasteiger partial charge in [0.25, 0.3) is 0 Å². The zero-order chi connectivity index (χ0) is 12.4. The first-order valence-corrected chi connectivity index (χ1v) is 6.24. The highest BCUT2D eigenvalue weighted by Crippen LogP contribution is 2.22. The topological polar surface area (TPSA) is 56.7 Å². The summed E-state index contributed by atoms with van der Waals surface area (Å²) in [5, 5.41) is 7.89. The smallest absolute Gasteiger partial charge is 0.153 e. The minimum atomic E-state index is -0.106. The summed E-state index contributed by atoms with van der Waals surface area (Å²) in [6, 6.07) is 8.16. The van der Waals surface area contributed by atoms with Crippen molar-refractivity contribution in [1.82, 2.24) is 15.0 Å². The van der Waals surface area contributed by atoms with Crippen molar-refractivity contribution in [3.63, 3.8) is 0 Å². The van der Waals surface area contributed by atoms with E-state index in [1.165, 1.54) is 11.1 Å². The predicted molar refractivity (Wildman–Crippen MR) is 70.5 cm³/mol. The molecule has 0 saturated heterocycles. The highest BCUT2D eigenvalue weighted by molar-refractivity contribution is 9.10. The Kier molecular flexibility index (Phi) is 3.59. The molecule has 2 aromatic rings. The van der Waals surface area contributed by atoms with Crippen LogP contribution in [0.3, 0.4) is 0 Å². The summed E-state index contributed by atoms with van der Waals surface area (Å²) in [5.41, 5.74) is 9.65. The maximum Gasteiger partial charge on any atom is 0.153 e. The van der Waals surface area contributed by atoms with Crippen LogP contribution in [0.5, 0.6) is 0 Å². The van der Waals surface area contributed by atoms with Gasteiger partial charge in [0, 0.05) is 7.05 Å². The monoisotopic (exact) mass is 294 g/mol. The van der Waals surface area contributed by atoms with Gasteiger partial charge >= 0.3 is 0 Å². The zero-order valence-electron chi connectivity index (χ0n) is 9.89. The van der Waals surface area contributed by atoms with Crippen LogP contribution >= 0.6 is 15.9 Å². The molecule has 2 rings (SSSR count). The summed E-state index contributed by atoms with van der Waals surface area (Å²) in [6.45, 7) is 2.10. The van der Waals surface area contributed by atoms with Crippen LogP contribution < -0.4 is 5.73 Å². The lowest BCUT2D eigenvalue weighted by molar-refractivity contribution is 0.605. The number of rotatable bonds is 3. The third-order valence-corrected chi connectivity index (χ3v) is 3.44. The average molecular weight is 295 g/mol. The van der Waals surface area contributed by atoms with Gasteiger partial charge in [0.2, 0.25) is 0 Å². The van der Waals surface area contributed by atoms with Crippen molar-refractivity contribution in [1.29, 1.82) is 0 Å². The minimum Gasteiger partial charge on any atom is -0.322 e. The van der Waals surface area contributed by atoms with Crippen LogP contribution in [0.15, 0.2) is 28.9 Å². The molecular formula is C12H15BrN4. The van der Waals surface area contributed by atoms with Crippen LogP contribution in [0, 0.1) is 6.92 Å². The van der Waals surface area contributed by atoms with Crippen LogP contribution in [0.2, 0.25) is 0 Å². The number of benzene rings is 1. The van der Waals surface area contributed by atoms with E-state index in [0.717, 1.165) is 16.7 Å². The van der Waals surface area contributed by atoms with Gasteiger partial charge in [-0.3, -0.25) is 0 Å². The molecule has 0 fully saturated rings. The van der Waals surface area contributed by atoms with E-state index in [2.05, 4.69) is 45.3 Å². The Morgan fingerprint density at radius 3 is 2.71 bits per heavy atom. The van der Waals surface area contributed by atoms with Crippen LogP contribution in [0.25, 0.3) is 0 Å². The SMILES string of the molecule is Cc1ccccc1CC(N)c1c(Br)nnn1C. The van der Waals surface area contributed by atoms with Gasteiger partial charge in [-0.25, -0.2) is 4.68 Å². The Hall–Kier alpha value is -1.20. The van der Waals surface area contributed by atoms with E-state index in [1.807, 2.05) is 19.2 Å². The molecule has 0 spiro atoms. The van der Waals surface area contributed by atoms with Crippen molar-refractivity contribution in [3.05, 3.63) is 45.7 Å². The van der Waals surface area contributed by atoms with Gasteiger partial charge in [0.05, 0.1) is 11.7 Å². The first-order chi connectivity index (χ1) is 8.09. The van der Waals surface area contributed by atoms with E-state index in [-0.39, 0.29) is 6.04 Å². The summed E-state index contributed by atoms with van der Waals surface area (Å²) in [4.78, 5) is 0. The Bertz CT molecular complexity index is 501. The molecule has 0 amide bonds. The summed E-state index contributed by atoms with van der Waals surface area (Å²) < 4.78 is 2.44. The van der Waals surface area contributed by atoms with Crippen LogP contribution in [-0.2, 0) is 13.5 Å². The molecule has 1 unspecified atom stereocenters. The van der Waals surface area contributed by atoms with Crippen molar-refractivity contribution in [3.8, 4) is 0 Å². The molecule has 5 heteroatoms. The molecule has 17 heavy (non-hydrogen) atoms. The molecule has 1 heterocycles. The fraction of sp³-hybridized carbons (Fsp3) is 0.333. The van der Waals surface area contributed by atoms with E-state index in [4.69, 9.17) is 5.73 Å². The van der Waals surface area contributed by atoms with E-state index in [0.29, 0.717) is 0 Å². The summed E-state index contributed by atoms with van der Waals surface area (Å²) in [5.74, 6) is 0. The predicted octanol–water partition coefficient (Wildman–Crippen LogP) is 2.13. The van der Waals surface area contributed by atoms with Crippen LogP contribution in [0.4, 0.5) is 0 Å². The maximum atomic E-state index is 6.21. The molecule has 90 valence electrons. The van der Waals surface area contributed by atoms with E-state index in [9.17, 15) is 0 Å². The van der Waals surface area contributed by atoms with Crippen LogP contribution in [-0.4, -0.2) is 15.0 Å². The molecule has 0 bridgehead atoms. The minimum absolute atomic E-state index is 0.106. The Morgan fingerprint density at radius 2 is 2.12 bits per heavy atom. The quantitative estimate of drug-likeness (QED) is 0.943. The molecular weight excluding hydrogens is 280 g/mol. The van der Waals surface area contributed by atoms with Crippen molar-refractivity contribution in [2.75, 3.05) is 0 Å². The summed E-state index contributed by atoms with van der Waals surface area (Å²) in [6.07, 6.45) is 0.784. The number of aromatic nitrogens is 3. The van der Waals surface area contributed by atoms with Gasteiger partial charge in [-0.05, 0) is 40.4 Å². The number of hydrogen-bond donors (Lipinski definition) is 1. The van der Waals surface area contributed by atoms with Gasteiger partial charge in [-0.2, -0.15) is 0 Å². The summed E-state index contributed by atoms with van der Waals surface area (Å²) in [7, 11) is 1.85. The Balaban J connectivity index is 2.23. The molecule has 0 aliphatic heterocycles. The first kappa shape index (κ1) is 12.3. The van der Waals surface area contributed by atoms with Gasteiger partial charge < -0.3 is 5.73 Å². The lowest BCUT2D eigenvalue weighted by atomic mass is 10.0. The maximum absolute atomic E-state index is 6.21. The van der Waals surface area contributed by atoms with Crippen molar-refractivity contribution < 1.29 is 0 Å². The molecule has 1 atom stereocenters. The lowest BCUT2D eigenvalue weighted by Crippen LogP contribution is -2.18. The number of nitrogens with zero attached hydrogens (tertiary/aromatic N) is 3. The first-order valence-electron chi connectivity index (χ1n) is 5.44.